The molecule has 1 N–H and O–H groups in total. The standard InChI is InChI=1S/C15H18N2O5/c1-9-3-4-12(7-13(9)17(20)21)15(19)22-8-14(18)16-10(2)11-5-6-11/h3-4,7,10-11H,5-6,8H2,1-2H3,(H,16,18)/t10-/m0/s1. The SMILES string of the molecule is Cc1ccc(C(=O)OCC(=O)N[C@@H](C)C2CC2)cc1[N+](=O)[O-]. The number of carbonyl (C=O) groups excluding carboxylic acids is 2. The van der Waals surface area contributed by atoms with Crippen LogP contribution in [0.4, 0.5) is 5.69 Å². The van der Waals surface area contributed by atoms with Crippen LogP contribution < -0.4 is 5.32 Å². The van der Waals surface area contributed by atoms with Crippen molar-refractivity contribution in [3.8, 4) is 0 Å². The number of nitrogens with zero attached hydrogens (tertiary/aromatic N) is 1. The first kappa shape index (κ1) is 15.9. The second-order valence-corrected chi connectivity index (χ2v) is 5.53. The molecule has 0 saturated heterocycles. The number of aryl methyl sites for hydroxylation is 1. The van der Waals surface area contributed by atoms with Crippen molar-refractivity contribution in [3.05, 3.63) is 39.4 Å². The Morgan fingerprint density at radius 1 is 1.45 bits per heavy atom. The molecule has 1 aromatic carbocycles. The summed E-state index contributed by atoms with van der Waals surface area (Å²) < 4.78 is 4.89. The molecule has 0 heterocycles. The lowest BCUT2D eigenvalue weighted by Gasteiger charge is -2.12. The average Bonchev–Trinajstić information content (AvgIpc) is 3.29. The van der Waals surface area contributed by atoms with Crippen LogP contribution in [0.2, 0.25) is 0 Å². The topological polar surface area (TPSA) is 98.5 Å². The van der Waals surface area contributed by atoms with Crippen molar-refractivity contribution in [2.45, 2.75) is 32.7 Å². The second kappa shape index (κ2) is 6.55. The van der Waals surface area contributed by atoms with Crippen LogP contribution in [0.5, 0.6) is 0 Å². The molecule has 1 saturated carbocycles. The van der Waals surface area contributed by atoms with Crippen molar-refractivity contribution >= 4 is 17.6 Å². The van der Waals surface area contributed by atoms with Gasteiger partial charge in [0.15, 0.2) is 6.61 Å². The highest BCUT2D eigenvalue weighted by molar-refractivity contribution is 5.92. The summed E-state index contributed by atoms with van der Waals surface area (Å²) in [6.45, 7) is 3.11. The Labute approximate surface area is 127 Å². The average molecular weight is 306 g/mol. The number of carbonyl (C=O) groups is 2. The zero-order chi connectivity index (χ0) is 16.3. The third-order valence-corrected chi connectivity index (χ3v) is 3.69. The van der Waals surface area contributed by atoms with E-state index in [-0.39, 0.29) is 23.2 Å². The molecule has 0 radical (unpaired) electrons. The molecule has 1 fully saturated rings. The van der Waals surface area contributed by atoms with Crippen LogP contribution in [-0.4, -0.2) is 29.4 Å². The van der Waals surface area contributed by atoms with Gasteiger partial charge in [0, 0.05) is 17.7 Å². The molecule has 1 aliphatic rings. The van der Waals surface area contributed by atoms with Crippen LogP contribution >= 0.6 is 0 Å². The number of ether oxygens (including phenoxy) is 1. The lowest BCUT2D eigenvalue weighted by atomic mass is 10.1. The highest BCUT2D eigenvalue weighted by atomic mass is 16.6. The van der Waals surface area contributed by atoms with Gasteiger partial charge in [0.25, 0.3) is 11.6 Å². The normalized spacial score (nSPS) is 15.0. The molecule has 7 heteroatoms. The number of nitro benzene ring substituents is 1. The lowest BCUT2D eigenvalue weighted by Crippen LogP contribution is -2.37. The molecule has 7 nitrogen and oxygen atoms in total. The van der Waals surface area contributed by atoms with Crippen molar-refractivity contribution in [3.63, 3.8) is 0 Å². The van der Waals surface area contributed by atoms with Gasteiger partial charge >= 0.3 is 5.97 Å². The largest absolute Gasteiger partial charge is 0.452 e. The molecule has 0 aromatic heterocycles. The number of hydrogen-bond donors (Lipinski definition) is 1. The van der Waals surface area contributed by atoms with Crippen LogP contribution in [0.1, 0.15) is 35.7 Å². The van der Waals surface area contributed by atoms with Crippen molar-refractivity contribution < 1.29 is 19.2 Å². The van der Waals surface area contributed by atoms with Crippen LogP contribution in [0, 0.1) is 23.0 Å². The Morgan fingerprint density at radius 2 is 2.14 bits per heavy atom. The maximum atomic E-state index is 11.8. The van der Waals surface area contributed by atoms with Crippen LogP contribution in [0.3, 0.4) is 0 Å². The van der Waals surface area contributed by atoms with Crippen molar-refractivity contribution in [2.75, 3.05) is 6.61 Å². The summed E-state index contributed by atoms with van der Waals surface area (Å²) >= 11 is 0. The molecule has 1 atom stereocenters. The fraction of sp³-hybridized carbons (Fsp3) is 0.467. The van der Waals surface area contributed by atoms with Crippen LogP contribution in [0.15, 0.2) is 18.2 Å². The smallest absolute Gasteiger partial charge is 0.338 e. The van der Waals surface area contributed by atoms with Gasteiger partial charge in [-0.2, -0.15) is 0 Å². The molecule has 2 rings (SSSR count). The summed E-state index contributed by atoms with van der Waals surface area (Å²) in [6.07, 6.45) is 2.21. The maximum Gasteiger partial charge on any atom is 0.338 e. The van der Waals surface area contributed by atoms with Crippen molar-refractivity contribution in [1.82, 2.24) is 5.32 Å². The van der Waals surface area contributed by atoms with E-state index in [9.17, 15) is 19.7 Å². The van der Waals surface area contributed by atoms with E-state index in [0.717, 1.165) is 18.9 Å². The number of amides is 1. The van der Waals surface area contributed by atoms with E-state index in [1.54, 1.807) is 6.92 Å². The van der Waals surface area contributed by atoms with Crippen molar-refractivity contribution in [1.29, 1.82) is 0 Å². The monoisotopic (exact) mass is 306 g/mol. The van der Waals surface area contributed by atoms with Gasteiger partial charge in [0.1, 0.15) is 0 Å². The second-order valence-electron chi connectivity index (χ2n) is 5.53. The van der Waals surface area contributed by atoms with Gasteiger partial charge < -0.3 is 10.1 Å². The predicted octanol–water partition coefficient (Wildman–Crippen LogP) is 1.97. The molecule has 0 bridgehead atoms. The number of rotatable bonds is 6. The quantitative estimate of drug-likeness (QED) is 0.492. The Kier molecular flexibility index (Phi) is 4.75. The zero-order valence-corrected chi connectivity index (χ0v) is 12.5. The Morgan fingerprint density at radius 3 is 2.73 bits per heavy atom. The van der Waals surface area contributed by atoms with Gasteiger partial charge in [-0.25, -0.2) is 4.79 Å². The third kappa shape index (κ3) is 4.03. The van der Waals surface area contributed by atoms with Gasteiger partial charge in [0.2, 0.25) is 0 Å². The molecular weight excluding hydrogens is 288 g/mol. The summed E-state index contributed by atoms with van der Waals surface area (Å²) in [4.78, 5) is 33.8. The number of nitro groups is 1. The lowest BCUT2D eigenvalue weighted by molar-refractivity contribution is -0.385. The molecule has 0 aliphatic heterocycles. The van der Waals surface area contributed by atoms with Crippen molar-refractivity contribution in [2.24, 2.45) is 5.92 Å². The van der Waals surface area contributed by atoms with E-state index in [1.165, 1.54) is 12.1 Å². The Bertz CT molecular complexity index is 610. The first-order valence-corrected chi connectivity index (χ1v) is 7.10. The molecule has 22 heavy (non-hydrogen) atoms. The van der Waals surface area contributed by atoms with Gasteiger partial charge in [-0.3, -0.25) is 14.9 Å². The van der Waals surface area contributed by atoms with Gasteiger partial charge in [-0.15, -0.1) is 0 Å². The Hall–Kier alpha value is -2.44. The minimum absolute atomic E-state index is 0.0559. The van der Waals surface area contributed by atoms with Gasteiger partial charge in [0.05, 0.1) is 10.5 Å². The van der Waals surface area contributed by atoms with E-state index < -0.39 is 17.5 Å². The highest BCUT2D eigenvalue weighted by Gasteiger charge is 2.29. The fourth-order valence-electron chi connectivity index (χ4n) is 2.16. The van der Waals surface area contributed by atoms with Crippen LogP contribution in [-0.2, 0) is 9.53 Å². The van der Waals surface area contributed by atoms with E-state index in [2.05, 4.69) is 5.32 Å². The summed E-state index contributed by atoms with van der Waals surface area (Å²) in [5, 5.41) is 13.6. The summed E-state index contributed by atoms with van der Waals surface area (Å²) in [7, 11) is 0. The number of benzene rings is 1. The summed E-state index contributed by atoms with van der Waals surface area (Å²) in [5.74, 6) is -0.605. The molecule has 0 unspecified atom stereocenters. The number of esters is 1. The summed E-state index contributed by atoms with van der Waals surface area (Å²) in [6, 6.07) is 4.15. The van der Waals surface area contributed by atoms with E-state index in [1.807, 2.05) is 6.92 Å². The minimum Gasteiger partial charge on any atom is -0.452 e. The number of hydrogen-bond acceptors (Lipinski definition) is 5. The third-order valence-electron chi connectivity index (χ3n) is 3.69. The minimum atomic E-state index is -0.752. The maximum absolute atomic E-state index is 11.8. The highest BCUT2D eigenvalue weighted by Crippen LogP contribution is 2.32. The molecular formula is C15H18N2O5. The summed E-state index contributed by atoms with van der Waals surface area (Å²) in [5.41, 5.74) is 0.360. The van der Waals surface area contributed by atoms with E-state index in [4.69, 9.17) is 4.74 Å². The van der Waals surface area contributed by atoms with Crippen LogP contribution in [0.25, 0.3) is 0 Å². The van der Waals surface area contributed by atoms with Gasteiger partial charge in [-0.05, 0) is 38.7 Å². The predicted molar refractivity (Wildman–Crippen MR) is 78.4 cm³/mol. The first-order valence-electron chi connectivity index (χ1n) is 7.10. The molecule has 1 aromatic rings. The van der Waals surface area contributed by atoms with E-state index >= 15 is 0 Å². The molecule has 118 valence electrons. The Balaban J connectivity index is 1.90. The molecule has 0 spiro atoms. The zero-order valence-electron chi connectivity index (χ0n) is 12.5. The van der Waals surface area contributed by atoms with Gasteiger partial charge in [-0.1, -0.05) is 6.07 Å². The molecule has 1 aliphatic carbocycles. The first-order chi connectivity index (χ1) is 10.4. The molecule has 1 amide bonds. The fourth-order valence-corrected chi connectivity index (χ4v) is 2.16. The number of nitrogens with one attached hydrogen (secondary N) is 1. The van der Waals surface area contributed by atoms with E-state index in [0.29, 0.717) is 11.5 Å².